The number of phenols is 1. The van der Waals surface area contributed by atoms with Gasteiger partial charge in [0.25, 0.3) is 0 Å². The molecule has 4 aromatic heterocycles. The molecular weight excluding hydrogens is 1030 g/mol. The minimum absolute atomic E-state index is 0.148. The molecule has 0 bridgehead atoms. The lowest BCUT2D eigenvalue weighted by molar-refractivity contribution is 0.446. The van der Waals surface area contributed by atoms with Crippen LogP contribution in [0.3, 0.4) is 0 Å². The quantitative estimate of drug-likeness (QED) is 0.109. The highest BCUT2D eigenvalue weighted by molar-refractivity contribution is 6.88. The molecule has 0 atom stereocenters. The summed E-state index contributed by atoms with van der Waals surface area (Å²) in [6, 6.07) is 47.8. The van der Waals surface area contributed by atoms with Crippen molar-refractivity contribution in [1.29, 1.82) is 0 Å². The lowest BCUT2D eigenvalue weighted by Crippen LogP contribution is -2.38. The molecular formula is C76H87N5OSi. The van der Waals surface area contributed by atoms with Gasteiger partial charge in [0, 0.05) is 33.7 Å². The van der Waals surface area contributed by atoms with Crippen LogP contribution in [0.25, 0.3) is 100.0 Å². The van der Waals surface area contributed by atoms with Crippen molar-refractivity contribution in [3.63, 3.8) is 0 Å². The Bertz CT molecular complexity index is 4330. The number of pyridine rings is 2. The number of imidazole rings is 2. The zero-order valence-electron chi connectivity index (χ0n) is 53.2. The minimum Gasteiger partial charge on any atom is -0.507 e. The fourth-order valence-electron chi connectivity index (χ4n) is 12.7. The van der Waals surface area contributed by atoms with Gasteiger partial charge in [0.2, 0.25) is 0 Å². The molecule has 0 aliphatic carbocycles. The van der Waals surface area contributed by atoms with Crippen molar-refractivity contribution in [2.75, 3.05) is 0 Å². The summed E-state index contributed by atoms with van der Waals surface area (Å²) in [7, 11) is -1.84. The summed E-state index contributed by atoms with van der Waals surface area (Å²) in [4.78, 5) is 17.3. The van der Waals surface area contributed by atoms with E-state index in [1.54, 1.807) is 0 Å². The Balaban J connectivity index is 1.38. The molecule has 1 N–H and O–H groups in total. The molecule has 7 heteroatoms. The first-order valence-electron chi connectivity index (χ1n) is 30.4. The Morgan fingerprint density at radius 1 is 0.482 bits per heavy atom. The van der Waals surface area contributed by atoms with Crippen LogP contribution in [0, 0.1) is 0 Å². The van der Waals surface area contributed by atoms with E-state index >= 15 is 0 Å². The van der Waals surface area contributed by atoms with E-state index in [1.807, 2.05) is 6.20 Å². The Morgan fingerprint density at radius 2 is 1.05 bits per heavy atom. The van der Waals surface area contributed by atoms with Crippen molar-refractivity contribution >= 4 is 62.6 Å². The van der Waals surface area contributed by atoms with Crippen molar-refractivity contribution in [2.45, 2.75) is 177 Å². The van der Waals surface area contributed by atoms with Crippen LogP contribution >= 0.6 is 0 Å². The number of benzene rings is 7. The summed E-state index contributed by atoms with van der Waals surface area (Å²) in [5.41, 5.74) is 21.5. The fourth-order valence-corrected chi connectivity index (χ4v) is 13.9. The van der Waals surface area contributed by atoms with Gasteiger partial charge in [-0.1, -0.05) is 227 Å². The molecule has 6 nitrogen and oxygen atoms in total. The molecule has 0 unspecified atom stereocenters. The van der Waals surface area contributed by atoms with Crippen LogP contribution in [0.15, 0.2) is 134 Å². The van der Waals surface area contributed by atoms with Crippen LogP contribution in [0.1, 0.15) is 180 Å². The van der Waals surface area contributed by atoms with Crippen molar-refractivity contribution in [3.05, 3.63) is 173 Å². The predicted octanol–water partition coefficient (Wildman–Crippen LogP) is 20.8. The maximum atomic E-state index is 13.2. The Hall–Kier alpha value is -7.35. The lowest BCUT2D eigenvalue weighted by Gasteiger charge is -2.29. The number of nitrogens with zero attached hydrogens (tertiary/aromatic N) is 5. The molecule has 0 saturated heterocycles. The highest BCUT2D eigenvalue weighted by Gasteiger charge is 2.34. The molecule has 0 spiro atoms. The Kier molecular flexibility index (Phi) is 14.2. The molecule has 0 fully saturated rings. The second kappa shape index (κ2) is 20.5. The average Bonchev–Trinajstić information content (AvgIpc) is 4.02. The van der Waals surface area contributed by atoms with Crippen molar-refractivity contribution in [3.8, 4) is 56.3 Å². The maximum absolute atomic E-state index is 13.2. The van der Waals surface area contributed by atoms with Crippen LogP contribution in [-0.4, -0.2) is 37.1 Å². The summed E-state index contributed by atoms with van der Waals surface area (Å²) in [6.45, 7) is 46.2. The highest BCUT2D eigenvalue weighted by atomic mass is 28.3. The molecule has 0 amide bonds. The molecule has 0 radical (unpaired) electrons. The predicted molar refractivity (Wildman–Crippen MR) is 359 cm³/mol. The normalized spacial score (nSPS) is 13.1. The largest absolute Gasteiger partial charge is 0.507 e. The maximum Gasteiger partial charge on any atom is 0.149 e. The van der Waals surface area contributed by atoms with Crippen LogP contribution in [0.5, 0.6) is 5.75 Å². The van der Waals surface area contributed by atoms with Gasteiger partial charge in [0.05, 0.1) is 41.6 Å². The first-order valence-corrected chi connectivity index (χ1v) is 33.9. The van der Waals surface area contributed by atoms with E-state index in [4.69, 9.17) is 15.0 Å². The van der Waals surface area contributed by atoms with Gasteiger partial charge in [-0.05, 0) is 138 Å². The third-order valence-corrected chi connectivity index (χ3v) is 19.5. The van der Waals surface area contributed by atoms with Crippen molar-refractivity contribution in [2.24, 2.45) is 0 Å². The van der Waals surface area contributed by atoms with Crippen LogP contribution in [0.2, 0.25) is 19.6 Å². The highest BCUT2D eigenvalue weighted by Crippen LogP contribution is 2.49. The summed E-state index contributed by atoms with van der Waals surface area (Å²) in [5.74, 6) is 1.94. The van der Waals surface area contributed by atoms with E-state index in [-0.39, 0.29) is 33.8 Å². The number of hydrogen-bond donors (Lipinski definition) is 1. The Labute approximate surface area is 495 Å². The molecule has 0 aliphatic heterocycles. The van der Waals surface area contributed by atoms with Gasteiger partial charge < -0.3 is 5.11 Å². The van der Waals surface area contributed by atoms with Gasteiger partial charge >= 0.3 is 0 Å². The minimum atomic E-state index is -1.84. The van der Waals surface area contributed by atoms with Crippen molar-refractivity contribution in [1.82, 2.24) is 23.9 Å². The molecule has 83 heavy (non-hydrogen) atoms. The second-order valence-electron chi connectivity index (χ2n) is 29.2. The summed E-state index contributed by atoms with van der Waals surface area (Å²) in [6.07, 6.45) is 2.00. The molecule has 11 rings (SSSR count). The van der Waals surface area contributed by atoms with E-state index in [0.717, 1.165) is 88.6 Å². The SMILES string of the molecule is CC(C)c1cccc(C(C)C)c1-c1ccnc(-c2cc(-c3cc4c(nc5c6ccccc6c6ccccc6n45)c4c3nc(-c3cc(C(C)(C)C)cc(C(C)(C)C)c3O)n4-c3c(C(C)C)cc([Si](C)(C)C)cc3C(C)C)cc(C(C)(C)C)c2)c1. The number of para-hydroxylation sites is 1. The number of phenolic OH excluding ortho intramolecular Hbond substituents is 1. The molecule has 0 aliphatic rings. The Morgan fingerprint density at radius 3 is 1.63 bits per heavy atom. The lowest BCUT2D eigenvalue weighted by atomic mass is 9.79. The van der Waals surface area contributed by atoms with Gasteiger partial charge in [0.15, 0.2) is 0 Å². The molecule has 426 valence electrons. The van der Waals surface area contributed by atoms with Gasteiger partial charge in [-0.3, -0.25) is 14.0 Å². The number of aromatic nitrogens is 5. The summed E-state index contributed by atoms with van der Waals surface area (Å²) < 4.78 is 4.87. The third kappa shape index (κ3) is 9.98. The number of rotatable bonds is 10. The molecule has 0 saturated carbocycles. The second-order valence-corrected chi connectivity index (χ2v) is 34.3. The van der Waals surface area contributed by atoms with E-state index in [2.05, 4.69) is 274 Å². The number of hydrogen-bond acceptors (Lipinski definition) is 4. The first-order chi connectivity index (χ1) is 38.9. The zero-order chi connectivity index (χ0) is 59.7. The van der Waals surface area contributed by atoms with E-state index in [0.29, 0.717) is 23.2 Å². The van der Waals surface area contributed by atoms with Gasteiger partial charge in [-0.15, -0.1) is 0 Å². The van der Waals surface area contributed by atoms with E-state index in [1.165, 1.54) is 44.1 Å². The van der Waals surface area contributed by atoms with Crippen LogP contribution < -0.4 is 5.19 Å². The molecule has 4 heterocycles. The average molecular weight is 1110 g/mol. The van der Waals surface area contributed by atoms with Gasteiger partial charge in [0.1, 0.15) is 28.3 Å². The molecule has 7 aromatic carbocycles. The zero-order valence-corrected chi connectivity index (χ0v) is 54.2. The van der Waals surface area contributed by atoms with Gasteiger partial charge in [-0.25, -0.2) is 9.97 Å². The smallest absolute Gasteiger partial charge is 0.149 e. The number of aromatic hydroxyl groups is 1. The molecule has 11 aromatic rings. The van der Waals surface area contributed by atoms with Crippen LogP contribution in [-0.2, 0) is 16.2 Å². The van der Waals surface area contributed by atoms with E-state index in [9.17, 15) is 5.11 Å². The van der Waals surface area contributed by atoms with Crippen molar-refractivity contribution < 1.29 is 5.11 Å². The summed E-state index contributed by atoms with van der Waals surface area (Å²) >= 11 is 0. The van der Waals surface area contributed by atoms with E-state index < -0.39 is 8.07 Å². The van der Waals surface area contributed by atoms with Gasteiger partial charge in [-0.2, -0.15) is 0 Å². The summed E-state index contributed by atoms with van der Waals surface area (Å²) in [5, 5.41) is 18.1. The van der Waals surface area contributed by atoms with Crippen LogP contribution in [0.4, 0.5) is 0 Å². The first kappa shape index (κ1) is 57.5. The topological polar surface area (TPSA) is 68.2 Å². The third-order valence-electron chi connectivity index (χ3n) is 17.5. The fraction of sp³-hybridized carbons (Fsp3) is 0.355. The standard InChI is InChI=1S/C76H87N5OSi/c1-43(2)53-29-25-30-54(44(3)4)66(53)47-32-33-77-63(37-47)49-34-48(35-50(36-49)74(9,10)11)60-42-65-68(79-72-57-28-22-21-26-55(57)56-27-23-24-31-64(56)80(65)72)70-67(60)78-73(61-38-51(75(12,13)14)39-62(71(61)82)76(15,16)17)81(70)69-58(45(5)6)40-52(83(18,19)20)41-59(69)46(7)8/h21-46,82H,1-20H3. The monoisotopic (exact) mass is 1110 g/mol. The number of fused-ring (bicyclic) bond motifs is 10.